The van der Waals surface area contributed by atoms with Gasteiger partial charge in [0.2, 0.25) is 0 Å². The van der Waals surface area contributed by atoms with Crippen LogP contribution in [-0.2, 0) is 0 Å². The van der Waals surface area contributed by atoms with Crippen LogP contribution in [0, 0.1) is 0 Å². The van der Waals surface area contributed by atoms with Crippen LogP contribution in [0.3, 0.4) is 0 Å². The van der Waals surface area contributed by atoms with Crippen molar-refractivity contribution in [2.24, 2.45) is 0 Å². The van der Waals surface area contributed by atoms with Gasteiger partial charge < -0.3 is 8.83 Å². The highest BCUT2D eigenvalue weighted by Gasteiger charge is 2.24. The summed E-state index contributed by atoms with van der Waals surface area (Å²) in [7, 11) is 0. The lowest BCUT2D eigenvalue weighted by Crippen LogP contribution is -2.00. The van der Waals surface area contributed by atoms with Gasteiger partial charge in [-0.3, -0.25) is 0 Å². The van der Waals surface area contributed by atoms with Crippen LogP contribution in [-0.4, -0.2) is 24.9 Å². The van der Waals surface area contributed by atoms with E-state index in [1.54, 1.807) is 0 Å². The van der Waals surface area contributed by atoms with Crippen molar-refractivity contribution in [3.05, 3.63) is 200 Å². The maximum absolute atomic E-state index is 7.02. The van der Waals surface area contributed by atoms with Crippen molar-refractivity contribution >= 4 is 44.0 Å². The molecule has 12 rings (SSSR count). The summed E-state index contributed by atoms with van der Waals surface area (Å²) in [5.74, 6) is 2.32. The average molecular weight is 796 g/mol. The number of furan rings is 2. The van der Waals surface area contributed by atoms with Crippen LogP contribution in [0.4, 0.5) is 0 Å². The van der Waals surface area contributed by atoms with E-state index in [0.29, 0.717) is 40.0 Å². The average Bonchev–Trinajstić information content (AvgIpc) is 3.94. The molecule has 7 nitrogen and oxygen atoms in total. The molecule has 0 fully saturated rings. The molecule has 4 aromatic heterocycles. The van der Waals surface area contributed by atoms with Crippen molar-refractivity contribution in [1.82, 2.24) is 24.9 Å². The Morgan fingerprint density at radius 1 is 0.274 bits per heavy atom. The smallest absolute Gasteiger partial charge is 0.180 e. The molecular formula is C55H33N5O2. The Kier molecular flexibility index (Phi) is 8.35. The highest BCUT2D eigenvalue weighted by atomic mass is 16.3. The Bertz CT molecular complexity index is 3550. The van der Waals surface area contributed by atoms with E-state index in [-0.39, 0.29) is 0 Å². The Morgan fingerprint density at radius 2 is 0.726 bits per heavy atom. The fraction of sp³-hybridized carbons (Fsp3) is 0. The fourth-order valence-electron chi connectivity index (χ4n) is 8.41. The Morgan fingerprint density at radius 3 is 1.32 bits per heavy atom. The number of rotatable bonds is 7. The zero-order chi connectivity index (χ0) is 41.0. The number of para-hydroxylation sites is 2. The fourth-order valence-corrected chi connectivity index (χ4v) is 8.41. The first-order valence-electron chi connectivity index (χ1n) is 20.5. The Labute approximate surface area is 355 Å². The van der Waals surface area contributed by atoms with Crippen LogP contribution in [0.15, 0.2) is 209 Å². The minimum atomic E-state index is 0.529. The zero-order valence-electron chi connectivity index (χ0n) is 33.1. The second-order valence-corrected chi connectivity index (χ2v) is 15.2. The molecule has 0 radical (unpaired) electrons. The maximum Gasteiger partial charge on any atom is 0.180 e. The zero-order valence-corrected chi connectivity index (χ0v) is 33.1. The van der Waals surface area contributed by atoms with Crippen LogP contribution >= 0.6 is 0 Å². The summed E-state index contributed by atoms with van der Waals surface area (Å²) in [5, 5.41) is 2.82. The van der Waals surface area contributed by atoms with Crippen LogP contribution in [0.1, 0.15) is 0 Å². The first-order chi connectivity index (χ1) is 30.7. The molecule has 8 aromatic carbocycles. The van der Waals surface area contributed by atoms with Crippen molar-refractivity contribution in [2.45, 2.75) is 0 Å². The highest BCUT2D eigenvalue weighted by Crippen LogP contribution is 2.45. The number of benzene rings is 8. The summed E-state index contributed by atoms with van der Waals surface area (Å²) in [6.45, 7) is 0. The third kappa shape index (κ3) is 6.02. The molecule has 0 atom stereocenters. The first kappa shape index (κ1) is 35.4. The largest absolute Gasteiger partial charge is 0.455 e. The summed E-state index contributed by atoms with van der Waals surface area (Å²) >= 11 is 0. The molecule has 0 bridgehead atoms. The lowest BCUT2D eigenvalue weighted by Gasteiger charge is -2.08. The van der Waals surface area contributed by atoms with E-state index in [9.17, 15) is 0 Å². The molecule has 0 saturated carbocycles. The molecule has 7 heteroatoms. The van der Waals surface area contributed by atoms with Crippen LogP contribution in [0.2, 0.25) is 0 Å². The summed E-state index contributed by atoms with van der Waals surface area (Å²) in [5.41, 5.74) is 12.8. The SMILES string of the molecule is c1ccc(-c2ccc(-c3nc(-c4ccccc4)nc4c3oc3cccc(-c5cccc6c5oc5c(-c7nc(-c8ccccc8)nc(-c8ccccc8)n7)cccc56)c34)cc2)cc1. The van der Waals surface area contributed by atoms with Crippen molar-refractivity contribution < 1.29 is 8.83 Å². The predicted octanol–water partition coefficient (Wildman–Crippen LogP) is 14.1. The van der Waals surface area contributed by atoms with Crippen molar-refractivity contribution in [2.75, 3.05) is 0 Å². The van der Waals surface area contributed by atoms with E-state index in [0.717, 1.165) is 83.0 Å². The van der Waals surface area contributed by atoms with Gasteiger partial charge in [-0.25, -0.2) is 24.9 Å². The van der Waals surface area contributed by atoms with E-state index in [2.05, 4.69) is 78.9 Å². The number of hydrogen-bond donors (Lipinski definition) is 0. The van der Waals surface area contributed by atoms with Gasteiger partial charge in [-0.15, -0.1) is 0 Å². The minimum absolute atomic E-state index is 0.529. The molecule has 62 heavy (non-hydrogen) atoms. The molecule has 0 saturated heterocycles. The maximum atomic E-state index is 7.02. The molecule has 0 amide bonds. The standard InChI is InChI=1S/C55H33N5O2/c1-5-16-34(17-6-1)35-30-32-36(33-31-35)47-51-48(57-52(56-47)37-18-7-2-8-19-37)46-40(24-15-29-45(46)61-51)41-25-13-26-42-43-27-14-28-44(50(43)62-49(41)42)55-59-53(38-20-9-3-10-21-38)58-54(60-55)39-22-11-4-12-23-39/h1-33H. The van der Waals surface area contributed by atoms with E-state index < -0.39 is 0 Å². The molecule has 4 heterocycles. The quantitative estimate of drug-likeness (QED) is 0.159. The third-order valence-electron chi connectivity index (χ3n) is 11.4. The molecule has 0 aliphatic rings. The van der Waals surface area contributed by atoms with E-state index >= 15 is 0 Å². The summed E-state index contributed by atoms with van der Waals surface area (Å²) in [4.78, 5) is 25.4. The van der Waals surface area contributed by atoms with E-state index in [4.69, 9.17) is 33.8 Å². The molecule has 290 valence electrons. The van der Waals surface area contributed by atoms with E-state index in [1.807, 2.05) is 121 Å². The molecule has 0 N–H and O–H groups in total. The van der Waals surface area contributed by atoms with Gasteiger partial charge in [0.15, 0.2) is 28.9 Å². The summed E-state index contributed by atoms with van der Waals surface area (Å²) in [6, 6.07) is 67.5. The van der Waals surface area contributed by atoms with Crippen molar-refractivity contribution in [1.29, 1.82) is 0 Å². The van der Waals surface area contributed by atoms with Gasteiger partial charge in [-0.2, -0.15) is 0 Å². The number of hydrogen-bond acceptors (Lipinski definition) is 7. The number of aromatic nitrogens is 5. The van der Waals surface area contributed by atoms with Crippen LogP contribution < -0.4 is 0 Å². The van der Waals surface area contributed by atoms with Crippen LogP contribution in [0.25, 0.3) is 123 Å². The van der Waals surface area contributed by atoms with Gasteiger partial charge in [0, 0.05) is 38.6 Å². The predicted molar refractivity (Wildman–Crippen MR) is 248 cm³/mol. The number of nitrogens with zero attached hydrogens (tertiary/aromatic N) is 5. The Balaban J connectivity index is 1.06. The van der Waals surface area contributed by atoms with Crippen molar-refractivity contribution in [3.63, 3.8) is 0 Å². The molecule has 0 spiro atoms. The highest BCUT2D eigenvalue weighted by molar-refractivity contribution is 6.18. The molecule has 0 aliphatic carbocycles. The van der Waals surface area contributed by atoms with Gasteiger partial charge in [0.1, 0.15) is 28.0 Å². The van der Waals surface area contributed by atoms with Crippen molar-refractivity contribution in [3.8, 4) is 79.1 Å². The lowest BCUT2D eigenvalue weighted by molar-refractivity contribution is 0.667. The van der Waals surface area contributed by atoms with E-state index in [1.165, 1.54) is 0 Å². The lowest BCUT2D eigenvalue weighted by atomic mass is 9.98. The molecule has 12 aromatic rings. The topological polar surface area (TPSA) is 90.7 Å². The van der Waals surface area contributed by atoms with Gasteiger partial charge >= 0.3 is 0 Å². The Hall–Kier alpha value is -8.55. The van der Waals surface area contributed by atoms with Gasteiger partial charge in [-0.1, -0.05) is 188 Å². The van der Waals surface area contributed by atoms with Gasteiger partial charge in [0.05, 0.1) is 10.9 Å². The number of fused-ring (bicyclic) bond motifs is 6. The summed E-state index contributed by atoms with van der Waals surface area (Å²) < 4.78 is 13.8. The first-order valence-corrected chi connectivity index (χ1v) is 20.5. The monoisotopic (exact) mass is 795 g/mol. The normalized spacial score (nSPS) is 11.5. The third-order valence-corrected chi connectivity index (χ3v) is 11.4. The second kappa shape index (κ2) is 14.6. The molecule has 0 aliphatic heterocycles. The van der Waals surface area contributed by atoms with Gasteiger partial charge in [-0.05, 0) is 28.8 Å². The molecule has 0 unspecified atom stereocenters. The van der Waals surface area contributed by atoms with Crippen LogP contribution in [0.5, 0.6) is 0 Å². The molecular weight excluding hydrogens is 763 g/mol. The van der Waals surface area contributed by atoms with Gasteiger partial charge in [0.25, 0.3) is 0 Å². The summed E-state index contributed by atoms with van der Waals surface area (Å²) in [6.07, 6.45) is 0. The second-order valence-electron chi connectivity index (χ2n) is 15.2. The minimum Gasteiger partial charge on any atom is -0.455 e.